The van der Waals surface area contributed by atoms with E-state index in [0.29, 0.717) is 11.8 Å². The summed E-state index contributed by atoms with van der Waals surface area (Å²) in [7, 11) is 0. The maximum atomic E-state index is 6.47. The molecule has 0 radical (unpaired) electrons. The summed E-state index contributed by atoms with van der Waals surface area (Å²) < 4.78 is 2.11. The molecule has 3 atom stereocenters. The molecule has 2 N–H and O–H groups in total. The average Bonchev–Trinajstić information content (AvgIpc) is 3.23. The van der Waals surface area contributed by atoms with Crippen LogP contribution in [0.1, 0.15) is 43.1 Å². The molecule has 1 aliphatic rings. The summed E-state index contributed by atoms with van der Waals surface area (Å²) in [4.78, 5) is 0. The monoisotopic (exact) mass is 283 g/mol. The number of nitrogens with zero attached hydrogens (tertiary/aromatic N) is 2. The van der Waals surface area contributed by atoms with Crippen LogP contribution in [0.2, 0.25) is 0 Å². The number of hydrogen-bond donors (Lipinski definition) is 1. The molecule has 1 aromatic heterocycles. The predicted octanol–water partition coefficient (Wildman–Crippen LogP) is 3.14. The first kappa shape index (κ1) is 14.3. The van der Waals surface area contributed by atoms with E-state index < -0.39 is 0 Å². The number of hydrogen-bond acceptors (Lipinski definition) is 2. The molecule has 0 saturated heterocycles. The van der Waals surface area contributed by atoms with Crippen molar-refractivity contribution < 1.29 is 0 Å². The largest absolute Gasteiger partial charge is 0.327 e. The lowest BCUT2D eigenvalue weighted by atomic mass is 10.0. The molecule has 3 rings (SSSR count). The van der Waals surface area contributed by atoms with Crippen LogP contribution in [0.5, 0.6) is 0 Å². The Bertz CT molecular complexity index is 588. The van der Waals surface area contributed by atoms with E-state index in [9.17, 15) is 0 Å². The predicted molar refractivity (Wildman–Crippen MR) is 86.2 cm³/mol. The van der Waals surface area contributed by atoms with E-state index >= 15 is 0 Å². The molecule has 0 spiro atoms. The number of rotatable bonds is 6. The Hall–Kier alpha value is -1.61. The molecule has 21 heavy (non-hydrogen) atoms. The highest BCUT2D eigenvalue weighted by Crippen LogP contribution is 2.49. The fourth-order valence-electron chi connectivity index (χ4n) is 3.29. The van der Waals surface area contributed by atoms with Gasteiger partial charge in [-0.25, -0.2) is 0 Å². The Morgan fingerprint density at radius 3 is 2.71 bits per heavy atom. The summed E-state index contributed by atoms with van der Waals surface area (Å²) in [6, 6.07) is 13.2. The second kappa shape index (κ2) is 6.02. The van der Waals surface area contributed by atoms with Crippen LogP contribution in [0.25, 0.3) is 0 Å². The molecule has 0 bridgehead atoms. The summed E-state index contributed by atoms with van der Waals surface area (Å²) in [5, 5.41) is 4.62. The van der Waals surface area contributed by atoms with Crippen LogP contribution < -0.4 is 5.73 Å². The molecule has 3 unspecified atom stereocenters. The molecule has 1 saturated carbocycles. The molecular weight excluding hydrogens is 258 g/mol. The third-order valence-corrected chi connectivity index (χ3v) is 4.64. The van der Waals surface area contributed by atoms with E-state index in [2.05, 4.69) is 60.0 Å². The van der Waals surface area contributed by atoms with E-state index in [-0.39, 0.29) is 6.04 Å². The molecular formula is C18H25N3. The average molecular weight is 283 g/mol. The zero-order chi connectivity index (χ0) is 14.8. The SMILES string of the molecule is CCc1cc(CC(N)C2CC2c2ccccc2)n(CC)n1. The van der Waals surface area contributed by atoms with Gasteiger partial charge in [0.25, 0.3) is 0 Å². The van der Waals surface area contributed by atoms with Crippen LogP contribution in [0, 0.1) is 5.92 Å². The molecule has 3 nitrogen and oxygen atoms in total. The molecule has 3 heteroatoms. The van der Waals surface area contributed by atoms with Gasteiger partial charge in [0.05, 0.1) is 5.69 Å². The zero-order valence-electron chi connectivity index (χ0n) is 13.0. The van der Waals surface area contributed by atoms with Crippen molar-refractivity contribution in [1.29, 1.82) is 0 Å². The van der Waals surface area contributed by atoms with Gasteiger partial charge in [0.1, 0.15) is 0 Å². The van der Waals surface area contributed by atoms with E-state index in [1.807, 2.05) is 0 Å². The minimum Gasteiger partial charge on any atom is -0.327 e. The smallest absolute Gasteiger partial charge is 0.0624 e. The van der Waals surface area contributed by atoms with Gasteiger partial charge in [0.2, 0.25) is 0 Å². The third kappa shape index (κ3) is 3.03. The van der Waals surface area contributed by atoms with Gasteiger partial charge >= 0.3 is 0 Å². The summed E-state index contributed by atoms with van der Waals surface area (Å²) in [5.41, 5.74) is 10.4. The molecule has 1 aromatic carbocycles. The van der Waals surface area contributed by atoms with E-state index in [1.165, 1.54) is 23.4 Å². The molecule has 0 aliphatic heterocycles. The van der Waals surface area contributed by atoms with Crippen LogP contribution in [-0.4, -0.2) is 15.8 Å². The fourth-order valence-corrected chi connectivity index (χ4v) is 3.29. The minimum absolute atomic E-state index is 0.238. The van der Waals surface area contributed by atoms with Crippen molar-refractivity contribution in [3.63, 3.8) is 0 Å². The Kier molecular flexibility index (Phi) is 4.11. The Balaban J connectivity index is 1.65. The summed E-state index contributed by atoms with van der Waals surface area (Å²) in [6.45, 7) is 5.22. The summed E-state index contributed by atoms with van der Waals surface area (Å²) >= 11 is 0. The third-order valence-electron chi connectivity index (χ3n) is 4.64. The van der Waals surface area contributed by atoms with Crippen LogP contribution in [0.3, 0.4) is 0 Å². The molecule has 1 heterocycles. The van der Waals surface area contributed by atoms with Crippen LogP contribution in [-0.2, 0) is 19.4 Å². The van der Waals surface area contributed by atoms with Crippen LogP contribution in [0.15, 0.2) is 36.4 Å². The topological polar surface area (TPSA) is 43.8 Å². The first-order chi connectivity index (χ1) is 10.2. The Morgan fingerprint density at radius 2 is 2.05 bits per heavy atom. The lowest BCUT2D eigenvalue weighted by Crippen LogP contribution is -2.27. The van der Waals surface area contributed by atoms with E-state index in [0.717, 1.165) is 19.4 Å². The van der Waals surface area contributed by atoms with Crippen molar-refractivity contribution in [1.82, 2.24) is 9.78 Å². The number of aryl methyl sites for hydroxylation is 2. The van der Waals surface area contributed by atoms with Gasteiger partial charge in [-0.05, 0) is 43.2 Å². The quantitative estimate of drug-likeness (QED) is 0.885. The van der Waals surface area contributed by atoms with Gasteiger partial charge in [-0.2, -0.15) is 5.10 Å². The summed E-state index contributed by atoms with van der Waals surface area (Å²) in [6.07, 6.45) is 3.16. The number of benzene rings is 1. The van der Waals surface area contributed by atoms with Gasteiger partial charge < -0.3 is 5.73 Å². The van der Waals surface area contributed by atoms with Gasteiger partial charge in [-0.15, -0.1) is 0 Å². The van der Waals surface area contributed by atoms with Crippen LogP contribution in [0.4, 0.5) is 0 Å². The zero-order valence-corrected chi connectivity index (χ0v) is 13.0. The molecule has 112 valence electrons. The van der Waals surface area contributed by atoms with Crippen molar-refractivity contribution in [2.24, 2.45) is 11.7 Å². The normalized spacial score (nSPS) is 22.2. The Morgan fingerprint density at radius 1 is 1.29 bits per heavy atom. The lowest BCUT2D eigenvalue weighted by Gasteiger charge is -2.12. The highest BCUT2D eigenvalue weighted by atomic mass is 15.3. The Labute approximate surface area is 127 Å². The summed E-state index contributed by atoms with van der Waals surface area (Å²) in [5.74, 6) is 1.28. The van der Waals surface area contributed by atoms with Gasteiger partial charge in [-0.1, -0.05) is 37.3 Å². The highest BCUT2D eigenvalue weighted by molar-refractivity contribution is 5.27. The number of aromatic nitrogens is 2. The molecule has 1 aliphatic carbocycles. The molecule has 1 fully saturated rings. The van der Waals surface area contributed by atoms with Gasteiger partial charge in [0.15, 0.2) is 0 Å². The number of nitrogens with two attached hydrogens (primary N) is 1. The van der Waals surface area contributed by atoms with E-state index in [4.69, 9.17) is 5.73 Å². The second-order valence-corrected chi connectivity index (χ2v) is 6.08. The lowest BCUT2D eigenvalue weighted by molar-refractivity contribution is 0.534. The van der Waals surface area contributed by atoms with Crippen molar-refractivity contribution >= 4 is 0 Å². The maximum Gasteiger partial charge on any atom is 0.0624 e. The van der Waals surface area contributed by atoms with Crippen molar-refractivity contribution in [2.45, 2.75) is 51.6 Å². The van der Waals surface area contributed by atoms with Gasteiger partial charge in [-0.3, -0.25) is 4.68 Å². The first-order valence-electron chi connectivity index (χ1n) is 8.09. The maximum absolute atomic E-state index is 6.47. The van der Waals surface area contributed by atoms with Crippen molar-refractivity contribution in [3.05, 3.63) is 53.3 Å². The van der Waals surface area contributed by atoms with Gasteiger partial charge in [0, 0.05) is 24.7 Å². The fraction of sp³-hybridized carbons (Fsp3) is 0.500. The van der Waals surface area contributed by atoms with Crippen molar-refractivity contribution in [2.75, 3.05) is 0 Å². The van der Waals surface area contributed by atoms with Crippen molar-refractivity contribution in [3.8, 4) is 0 Å². The molecule has 0 amide bonds. The van der Waals surface area contributed by atoms with Crippen LogP contribution >= 0.6 is 0 Å². The highest BCUT2D eigenvalue weighted by Gasteiger charge is 2.42. The first-order valence-corrected chi connectivity index (χ1v) is 8.09. The molecule has 2 aromatic rings. The standard InChI is InChI=1S/C18H25N3/c1-3-14-10-15(21(4-2)20-14)11-18(19)17-12-16(17)13-8-6-5-7-9-13/h5-10,16-18H,3-4,11-12,19H2,1-2H3. The second-order valence-electron chi connectivity index (χ2n) is 6.08. The van der Waals surface area contributed by atoms with E-state index in [1.54, 1.807) is 0 Å². The minimum atomic E-state index is 0.238.